The van der Waals surface area contributed by atoms with E-state index >= 15 is 0 Å². The summed E-state index contributed by atoms with van der Waals surface area (Å²) < 4.78 is 0. The Morgan fingerprint density at radius 1 is 1.23 bits per heavy atom. The third-order valence-electron chi connectivity index (χ3n) is 4.99. The zero-order valence-corrected chi connectivity index (χ0v) is 15.1. The highest BCUT2D eigenvalue weighted by atomic mass is 32.1. The number of nitrogens with zero attached hydrogens (tertiary/aromatic N) is 3. The first-order valence-electron chi connectivity index (χ1n) is 8.80. The summed E-state index contributed by atoms with van der Waals surface area (Å²) >= 11 is 1.54. The molecule has 1 aliphatic rings. The summed E-state index contributed by atoms with van der Waals surface area (Å²) in [6, 6.07) is 5.75. The first-order chi connectivity index (χ1) is 12.7. The van der Waals surface area contributed by atoms with E-state index in [4.69, 9.17) is 0 Å². The molecular formula is C19H20N4O2S. The Kier molecular flexibility index (Phi) is 4.90. The zero-order chi connectivity index (χ0) is 17.9. The lowest BCUT2D eigenvalue weighted by Gasteiger charge is -2.26. The second kappa shape index (κ2) is 7.47. The number of nitrogens with one attached hydrogen (secondary N) is 1. The van der Waals surface area contributed by atoms with Crippen molar-refractivity contribution in [3.05, 3.63) is 36.1 Å². The highest BCUT2D eigenvalue weighted by Crippen LogP contribution is 2.29. The van der Waals surface area contributed by atoms with Gasteiger partial charge in [0.25, 0.3) is 0 Å². The van der Waals surface area contributed by atoms with Gasteiger partial charge < -0.3 is 10.4 Å². The van der Waals surface area contributed by atoms with E-state index in [9.17, 15) is 9.90 Å². The number of carbonyl (C=O) groups is 1. The van der Waals surface area contributed by atoms with Crippen LogP contribution in [-0.4, -0.2) is 32.6 Å². The molecule has 1 aliphatic carbocycles. The van der Waals surface area contributed by atoms with E-state index in [-0.39, 0.29) is 18.4 Å². The molecule has 1 saturated carbocycles. The van der Waals surface area contributed by atoms with E-state index in [1.165, 1.54) is 0 Å². The van der Waals surface area contributed by atoms with Crippen LogP contribution in [0.2, 0.25) is 0 Å². The van der Waals surface area contributed by atoms with Crippen molar-refractivity contribution in [3.8, 4) is 10.6 Å². The Balaban J connectivity index is 1.50. The van der Waals surface area contributed by atoms with Crippen LogP contribution in [0.3, 0.4) is 0 Å². The van der Waals surface area contributed by atoms with Gasteiger partial charge in [0, 0.05) is 36.4 Å². The molecule has 0 bridgehead atoms. The number of anilines is 1. The van der Waals surface area contributed by atoms with Gasteiger partial charge in [0.05, 0.1) is 21.6 Å². The molecule has 7 heteroatoms. The van der Waals surface area contributed by atoms with Crippen molar-refractivity contribution in [3.63, 3.8) is 0 Å². The zero-order valence-electron chi connectivity index (χ0n) is 14.3. The number of hydrogen-bond donors (Lipinski definition) is 2. The van der Waals surface area contributed by atoms with Crippen LogP contribution in [0.4, 0.5) is 5.82 Å². The van der Waals surface area contributed by atoms with E-state index in [2.05, 4.69) is 20.3 Å². The molecule has 1 fully saturated rings. The van der Waals surface area contributed by atoms with Gasteiger partial charge in [0.1, 0.15) is 5.82 Å². The molecule has 3 heterocycles. The summed E-state index contributed by atoms with van der Waals surface area (Å²) in [5, 5.41) is 13.1. The van der Waals surface area contributed by atoms with Gasteiger partial charge in [-0.2, -0.15) is 0 Å². The molecule has 0 saturated heterocycles. The van der Waals surface area contributed by atoms with Crippen LogP contribution in [0.25, 0.3) is 21.5 Å². The summed E-state index contributed by atoms with van der Waals surface area (Å²) in [7, 11) is 0. The lowest BCUT2D eigenvalue weighted by atomic mass is 9.82. The van der Waals surface area contributed by atoms with E-state index in [0.29, 0.717) is 11.7 Å². The number of aromatic nitrogens is 3. The lowest BCUT2D eigenvalue weighted by molar-refractivity contribution is -0.121. The molecule has 4 rings (SSSR count). The number of hydrogen-bond acceptors (Lipinski definition) is 6. The Labute approximate surface area is 155 Å². The molecule has 0 aliphatic heterocycles. The predicted octanol–water partition coefficient (Wildman–Crippen LogP) is 3.49. The summed E-state index contributed by atoms with van der Waals surface area (Å²) in [5.41, 5.74) is 3.45. The number of aliphatic hydroxyl groups excluding tert-OH is 1. The molecule has 1 amide bonds. The van der Waals surface area contributed by atoms with Crippen LogP contribution in [0, 0.1) is 11.8 Å². The molecule has 3 aromatic rings. The minimum Gasteiger partial charge on any atom is -0.396 e. The van der Waals surface area contributed by atoms with Gasteiger partial charge in [-0.3, -0.25) is 9.78 Å². The quantitative estimate of drug-likeness (QED) is 0.736. The molecule has 134 valence electrons. The third-order valence-corrected chi connectivity index (χ3v) is 5.78. The smallest absolute Gasteiger partial charge is 0.228 e. The van der Waals surface area contributed by atoms with Gasteiger partial charge in [-0.05, 0) is 43.7 Å². The van der Waals surface area contributed by atoms with Crippen LogP contribution in [0.5, 0.6) is 0 Å². The third kappa shape index (κ3) is 3.59. The van der Waals surface area contributed by atoms with Gasteiger partial charge in [0.15, 0.2) is 0 Å². The topological polar surface area (TPSA) is 88.0 Å². The van der Waals surface area contributed by atoms with Crippen LogP contribution in [-0.2, 0) is 4.79 Å². The van der Waals surface area contributed by atoms with Crippen molar-refractivity contribution in [2.75, 3.05) is 11.9 Å². The molecule has 0 spiro atoms. The predicted molar refractivity (Wildman–Crippen MR) is 102 cm³/mol. The molecule has 0 aromatic carbocycles. The van der Waals surface area contributed by atoms with Gasteiger partial charge in [-0.1, -0.05) is 0 Å². The van der Waals surface area contributed by atoms with E-state index in [0.717, 1.165) is 47.2 Å². The van der Waals surface area contributed by atoms with Crippen LogP contribution >= 0.6 is 11.3 Å². The number of pyridine rings is 2. The highest BCUT2D eigenvalue weighted by molar-refractivity contribution is 7.13. The SMILES string of the molecule is O=C(Nc1cc2nc(-c3cncs3)ccc2cn1)C1CCC(CO)CC1. The minimum absolute atomic E-state index is 0.00634. The number of fused-ring (bicyclic) bond motifs is 1. The molecule has 0 atom stereocenters. The molecule has 2 N–H and O–H groups in total. The normalized spacial score (nSPS) is 20.2. The Morgan fingerprint density at radius 3 is 2.81 bits per heavy atom. The number of aliphatic hydroxyl groups is 1. The van der Waals surface area contributed by atoms with Crippen molar-refractivity contribution in [1.82, 2.24) is 15.0 Å². The van der Waals surface area contributed by atoms with Crippen LogP contribution in [0.1, 0.15) is 25.7 Å². The Morgan fingerprint density at radius 2 is 2.08 bits per heavy atom. The fourth-order valence-electron chi connectivity index (χ4n) is 3.40. The molecule has 6 nitrogen and oxygen atoms in total. The fourth-order valence-corrected chi connectivity index (χ4v) is 3.99. The monoisotopic (exact) mass is 368 g/mol. The second-order valence-electron chi connectivity index (χ2n) is 6.71. The average Bonchev–Trinajstić information content (AvgIpc) is 3.22. The molecule has 3 aromatic heterocycles. The summed E-state index contributed by atoms with van der Waals surface area (Å²) in [4.78, 5) is 26.6. The molecular weight excluding hydrogens is 348 g/mol. The van der Waals surface area contributed by atoms with Gasteiger partial charge in [-0.25, -0.2) is 9.97 Å². The molecule has 0 unspecified atom stereocenters. The number of amides is 1. The summed E-state index contributed by atoms with van der Waals surface area (Å²) in [6.07, 6.45) is 6.97. The Hall–Kier alpha value is -2.38. The second-order valence-corrected chi connectivity index (χ2v) is 7.60. The van der Waals surface area contributed by atoms with Crippen LogP contribution < -0.4 is 5.32 Å². The number of carbonyl (C=O) groups excluding carboxylic acids is 1. The maximum atomic E-state index is 12.5. The lowest BCUT2D eigenvalue weighted by Crippen LogP contribution is -2.28. The van der Waals surface area contributed by atoms with Gasteiger partial charge in [-0.15, -0.1) is 11.3 Å². The maximum absolute atomic E-state index is 12.5. The van der Waals surface area contributed by atoms with Crippen molar-refractivity contribution >= 4 is 34.0 Å². The Bertz CT molecular complexity index is 905. The van der Waals surface area contributed by atoms with Crippen molar-refractivity contribution in [2.45, 2.75) is 25.7 Å². The largest absolute Gasteiger partial charge is 0.396 e. The first-order valence-corrected chi connectivity index (χ1v) is 9.68. The minimum atomic E-state index is -0.00761. The maximum Gasteiger partial charge on any atom is 0.228 e. The number of thiazole rings is 1. The first kappa shape index (κ1) is 17.1. The van der Waals surface area contributed by atoms with Crippen LogP contribution in [0.15, 0.2) is 36.1 Å². The van der Waals surface area contributed by atoms with Crippen molar-refractivity contribution in [2.24, 2.45) is 11.8 Å². The van der Waals surface area contributed by atoms with Crippen molar-refractivity contribution in [1.29, 1.82) is 0 Å². The standard InChI is InChI=1S/C19H20N4O2S/c24-10-12-1-3-13(4-2-12)19(25)23-18-7-16-14(8-21-18)5-6-15(22-16)17-9-20-11-26-17/h5-9,11-13,24H,1-4,10H2,(H,21,23,25). The van der Waals surface area contributed by atoms with Crippen molar-refractivity contribution < 1.29 is 9.90 Å². The molecule has 26 heavy (non-hydrogen) atoms. The van der Waals surface area contributed by atoms with Gasteiger partial charge in [0.2, 0.25) is 5.91 Å². The van der Waals surface area contributed by atoms with E-state index in [1.807, 2.05) is 18.2 Å². The summed E-state index contributed by atoms with van der Waals surface area (Å²) in [6.45, 7) is 0.217. The fraction of sp³-hybridized carbons (Fsp3) is 0.368. The number of rotatable bonds is 4. The van der Waals surface area contributed by atoms with E-state index < -0.39 is 0 Å². The highest BCUT2D eigenvalue weighted by Gasteiger charge is 2.26. The summed E-state index contributed by atoms with van der Waals surface area (Å²) in [5.74, 6) is 0.867. The van der Waals surface area contributed by atoms with Gasteiger partial charge >= 0.3 is 0 Å². The van der Waals surface area contributed by atoms with E-state index in [1.54, 1.807) is 29.2 Å². The molecule has 0 radical (unpaired) electrons. The average molecular weight is 368 g/mol.